The molecule has 0 atom stereocenters. The molecule has 0 unspecified atom stereocenters. The number of methoxy groups -OCH3 is 1. The van der Waals surface area contributed by atoms with Crippen LogP contribution in [0.1, 0.15) is 15.9 Å². The van der Waals surface area contributed by atoms with Crippen LogP contribution in [0.25, 0.3) is 6.08 Å². The van der Waals surface area contributed by atoms with E-state index in [0.717, 1.165) is 18.2 Å². The fourth-order valence-electron chi connectivity index (χ4n) is 2.10. The molecular weight excluding hydrogens is 365 g/mol. The minimum absolute atomic E-state index is 0.0669. The van der Waals surface area contributed by atoms with E-state index < -0.39 is 30.8 Å². The molecule has 0 bridgehead atoms. The molecular formula is C19H15F3O5. The third-order valence-electron chi connectivity index (χ3n) is 3.35. The number of ether oxygens (including phenoxy) is 3. The summed E-state index contributed by atoms with van der Waals surface area (Å²) in [5, 5.41) is 0. The van der Waals surface area contributed by atoms with Gasteiger partial charge in [-0.3, -0.25) is 4.79 Å². The Balaban J connectivity index is 2.02. The van der Waals surface area contributed by atoms with Crippen LogP contribution in [0.5, 0.6) is 11.5 Å². The second kappa shape index (κ2) is 9.42. The number of rotatable bonds is 8. The van der Waals surface area contributed by atoms with Crippen LogP contribution in [0, 0.1) is 5.82 Å². The number of hydrogen-bond donors (Lipinski definition) is 0. The van der Waals surface area contributed by atoms with Gasteiger partial charge in [-0.25, -0.2) is 9.18 Å². The number of carbonyl (C=O) groups excluding carboxylic acids is 2. The van der Waals surface area contributed by atoms with Crippen LogP contribution in [-0.4, -0.2) is 32.1 Å². The summed E-state index contributed by atoms with van der Waals surface area (Å²) >= 11 is 0. The maximum atomic E-state index is 12.8. The van der Waals surface area contributed by atoms with Gasteiger partial charge >= 0.3 is 12.6 Å². The minimum atomic E-state index is -3.08. The molecule has 0 spiro atoms. The first-order valence-electron chi connectivity index (χ1n) is 7.66. The third-order valence-corrected chi connectivity index (χ3v) is 3.35. The average Bonchev–Trinajstić information content (AvgIpc) is 2.65. The lowest BCUT2D eigenvalue weighted by Gasteiger charge is -2.12. The molecule has 0 aliphatic heterocycles. The number of esters is 1. The first-order valence-corrected chi connectivity index (χ1v) is 7.66. The van der Waals surface area contributed by atoms with Crippen LogP contribution in [-0.2, 0) is 9.53 Å². The van der Waals surface area contributed by atoms with Crippen LogP contribution in [0.2, 0.25) is 0 Å². The van der Waals surface area contributed by atoms with Crippen LogP contribution in [0.3, 0.4) is 0 Å². The lowest BCUT2D eigenvalue weighted by atomic mass is 10.1. The molecule has 0 aromatic heterocycles. The number of alkyl halides is 2. The maximum Gasteiger partial charge on any atom is 0.387 e. The van der Waals surface area contributed by atoms with Gasteiger partial charge in [0.2, 0.25) is 0 Å². The first kappa shape index (κ1) is 20.0. The number of halogens is 3. The molecule has 0 saturated carbocycles. The van der Waals surface area contributed by atoms with Crippen molar-refractivity contribution in [2.75, 3.05) is 13.7 Å². The van der Waals surface area contributed by atoms with Crippen molar-refractivity contribution in [1.82, 2.24) is 0 Å². The van der Waals surface area contributed by atoms with Gasteiger partial charge in [0.15, 0.2) is 23.9 Å². The van der Waals surface area contributed by atoms with E-state index in [2.05, 4.69) is 4.74 Å². The van der Waals surface area contributed by atoms with E-state index >= 15 is 0 Å². The monoisotopic (exact) mass is 380 g/mol. The van der Waals surface area contributed by atoms with Crippen molar-refractivity contribution >= 4 is 17.8 Å². The van der Waals surface area contributed by atoms with Crippen LogP contribution < -0.4 is 9.47 Å². The van der Waals surface area contributed by atoms with Gasteiger partial charge in [0, 0.05) is 17.2 Å². The topological polar surface area (TPSA) is 61.8 Å². The Morgan fingerprint density at radius 3 is 2.44 bits per heavy atom. The van der Waals surface area contributed by atoms with Crippen LogP contribution in [0.15, 0.2) is 48.5 Å². The highest BCUT2D eigenvalue weighted by atomic mass is 19.3. The fraction of sp³-hybridized carbons (Fsp3) is 0.158. The van der Waals surface area contributed by atoms with Crippen molar-refractivity contribution in [1.29, 1.82) is 0 Å². The Bertz CT molecular complexity index is 832. The van der Waals surface area contributed by atoms with Crippen molar-refractivity contribution in [3.63, 3.8) is 0 Å². The Morgan fingerprint density at radius 2 is 1.81 bits per heavy atom. The molecule has 0 aliphatic carbocycles. The Morgan fingerprint density at radius 1 is 1.11 bits per heavy atom. The molecule has 0 N–H and O–H groups in total. The summed E-state index contributed by atoms with van der Waals surface area (Å²) in [7, 11) is 1.29. The molecule has 8 heteroatoms. The second-order valence-corrected chi connectivity index (χ2v) is 5.13. The maximum absolute atomic E-state index is 12.8. The molecule has 0 fully saturated rings. The number of benzene rings is 2. The van der Waals surface area contributed by atoms with Crippen molar-refractivity contribution < 1.29 is 37.0 Å². The normalized spacial score (nSPS) is 10.9. The van der Waals surface area contributed by atoms with Crippen LogP contribution in [0.4, 0.5) is 13.2 Å². The highest BCUT2D eigenvalue weighted by Crippen LogP contribution is 2.33. The lowest BCUT2D eigenvalue weighted by Crippen LogP contribution is -2.12. The summed E-state index contributed by atoms with van der Waals surface area (Å²) in [5.74, 6) is -2.04. The Kier molecular flexibility index (Phi) is 6.99. The number of ketones is 1. The number of hydrogen-bond acceptors (Lipinski definition) is 5. The smallest absolute Gasteiger partial charge is 0.387 e. The molecule has 0 amide bonds. The van der Waals surface area contributed by atoms with Gasteiger partial charge in [-0.05, 0) is 36.4 Å². The van der Waals surface area contributed by atoms with Gasteiger partial charge in [-0.1, -0.05) is 12.1 Å². The van der Waals surface area contributed by atoms with Crippen molar-refractivity contribution in [2.45, 2.75) is 6.61 Å². The van der Waals surface area contributed by atoms with Crippen molar-refractivity contribution in [2.24, 2.45) is 0 Å². The molecule has 0 saturated heterocycles. The molecule has 2 aromatic rings. The van der Waals surface area contributed by atoms with Gasteiger partial charge in [0.1, 0.15) is 5.82 Å². The molecule has 0 aliphatic rings. The molecule has 2 rings (SSSR count). The molecule has 2 aromatic carbocycles. The predicted octanol–water partition coefficient (Wildman–Crippen LogP) is 3.88. The summed E-state index contributed by atoms with van der Waals surface area (Å²) in [5.41, 5.74) is 0.352. The summed E-state index contributed by atoms with van der Waals surface area (Å²) < 4.78 is 52.1. The molecule has 27 heavy (non-hydrogen) atoms. The molecule has 0 heterocycles. The first-order chi connectivity index (χ1) is 12.9. The zero-order chi connectivity index (χ0) is 19.8. The fourth-order valence-corrected chi connectivity index (χ4v) is 2.10. The number of para-hydroxylation sites is 1. The van der Waals surface area contributed by atoms with Gasteiger partial charge in [0.25, 0.3) is 0 Å². The molecule has 0 radical (unpaired) electrons. The molecule has 5 nitrogen and oxygen atoms in total. The summed E-state index contributed by atoms with van der Waals surface area (Å²) in [6.45, 7) is -3.62. The van der Waals surface area contributed by atoms with Gasteiger partial charge in [-0.15, -0.1) is 0 Å². The second-order valence-electron chi connectivity index (χ2n) is 5.13. The number of Topliss-reactive ketones (excluding diaryl/α,β-unsaturated/α-hetero) is 1. The van der Waals surface area contributed by atoms with Crippen LogP contribution >= 0.6 is 0 Å². The van der Waals surface area contributed by atoms with Crippen molar-refractivity contribution in [3.05, 3.63) is 65.5 Å². The summed E-state index contributed by atoms with van der Waals surface area (Å²) in [4.78, 5) is 23.6. The van der Waals surface area contributed by atoms with Gasteiger partial charge < -0.3 is 14.2 Å². The number of carbonyl (C=O) groups is 2. The van der Waals surface area contributed by atoms with E-state index in [0.29, 0.717) is 0 Å². The van der Waals surface area contributed by atoms with E-state index in [1.807, 2.05) is 0 Å². The summed E-state index contributed by atoms with van der Waals surface area (Å²) in [6, 6.07) is 9.16. The Hall–Kier alpha value is -3.29. The lowest BCUT2D eigenvalue weighted by molar-refractivity contribution is -0.136. The SMILES string of the molecule is COc1cccc(/C=C/C(=O)OCC(=O)c2ccc(F)cc2)c1OC(F)F. The standard InChI is InChI=1S/C19H15F3O5/c1-25-16-4-2-3-13(18(16)27-19(21)22)7-10-17(24)26-11-15(23)12-5-8-14(20)9-6-12/h2-10,19H,11H2,1H3/b10-7+. The van der Waals surface area contributed by atoms with Crippen molar-refractivity contribution in [3.8, 4) is 11.5 Å². The van der Waals surface area contributed by atoms with Gasteiger partial charge in [0.05, 0.1) is 7.11 Å². The quantitative estimate of drug-likeness (QED) is 0.395. The van der Waals surface area contributed by atoms with E-state index in [4.69, 9.17) is 9.47 Å². The molecule has 142 valence electrons. The highest BCUT2D eigenvalue weighted by molar-refractivity contribution is 5.98. The van der Waals surface area contributed by atoms with E-state index in [-0.39, 0.29) is 22.6 Å². The highest BCUT2D eigenvalue weighted by Gasteiger charge is 2.14. The Labute approximate surface area is 153 Å². The zero-order valence-corrected chi connectivity index (χ0v) is 14.2. The minimum Gasteiger partial charge on any atom is -0.493 e. The average molecular weight is 380 g/mol. The summed E-state index contributed by atoms with van der Waals surface area (Å²) in [6.07, 6.45) is 2.16. The van der Waals surface area contributed by atoms with Gasteiger partial charge in [-0.2, -0.15) is 8.78 Å². The van der Waals surface area contributed by atoms with E-state index in [1.54, 1.807) is 0 Å². The largest absolute Gasteiger partial charge is 0.493 e. The third kappa shape index (κ3) is 5.88. The van der Waals surface area contributed by atoms with E-state index in [9.17, 15) is 22.8 Å². The zero-order valence-electron chi connectivity index (χ0n) is 14.2. The van der Waals surface area contributed by atoms with E-state index in [1.165, 1.54) is 43.5 Å². The predicted molar refractivity (Wildman–Crippen MR) is 90.3 cm³/mol.